The predicted octanol–water partition coefficient (Wildman–Crippen LogP) is 2.77. The van der Waals surface area contributed by atoms with Crippen LogP contribution in [0.15, 0.2) is 29.5 Å². The van der Waals surface area contributed by atoms with Crippen LogP contribution in [0.2, 0.25) is 0 Å². The molecule has 2 aromatic heterocycles. The first-order valence-electron chi connectivity index (χ1n) is 10.8. The third-order valence-corrected chi connectivity index (χ3v) is 5.84. The molecule has 2 saturated heterocycles. The third-order valence-electron chi connectivity index (χ3n) is 5.84. The van der Waals surface area contributed by atoms with E-state index in [1.807, 2.05) is 7.05 Å². The molecular formula is C22H33N5O2. The fraction of sp³-hybridized carbons (Fsp3) is 0.636. The van der Waals surface area contributed by atoms with Gasteiger partial charge < -0.3 is 24.1 Å². The lowest BCUT2D eigenvalue weighted by Crippen LogP contribution is -2.47. The number of fused-ring (bicyclic) bond motifs is 1. The number of aliphatic imine (C=N–C) groups is 1. The number of aromatic nitrogens is 2. The number of nitrogens with zero attached hydrogens (tertiary/aromatic N) is 4. The second-order valence-corrected chi connectivity index (χ2v) is 8.11. The minimum absolute atomic E-state index is 0.297. The number of nitrogens with one attached hydrogen (secondary N) is 1. The molecule has 0 aliphatic carbocycles. The number of aryl methyl sites for hydroxylation is 1. The highest BCUT2D eigenvalue weighted by Crippen LogP contribution is 2.18. The first kappa shape index (κ1) is 20.2. The second-order valence-electron chi connectivity index (χ2n) is 8.11. The van der Waals surface area contributed by atoms with Crippen molar-refractivity contribution < 1.29 is 9.47 Å². The zero-order chi connectivity index (χ0) is 20.1. The molecule has 4 rings (SSSR count). The van der Waals surface area contributed by atoms with E-state index in [4.69, 9.17) is 14.5 Å². The highest BCUT2D eigenvalue weighted by atomic mass is 16.5. The second kappa shape index (κ2) is 9.59. The zero-order valence-electron chi connectivity index (χ0n) is 17.6. The molecule has 1 N–H and O–H groups in total. The molecule has 0 radical (unpaired) electrons. The Balaban J connectivity index is 1.23. The molecular weight excluding hydrogens is 366 g/mol. The van der Waals surface area contributed by atoms with Crippen molar-refractivity contribution in [3.8, 4) is 0 Å². The summed E-state index contributed by atoms with van der Waals surface area (Å²) < 4.78 is 14.0. The van der Waals surface area contributed by atoms with Crippen molar-refractivity contribution in [1.29, 1.82) is 0 Å². The van der Waals surface area contributed by atoms with Crippen molar-refractivity contribution in [3.05, 3.63) is 35.8 Å². The van der Waals surface area contributed by atoms with E-state index in [2.05, 4.69) is 51.1 Å². The number of ether oxygens (including phenoxy) is 2. The van der Waals surface area contributed by atoms with E-state index < -0.39 is 0 Å². The molecule has 1 atom stereocenters. The van der Waals surface area contributed by atoms with Crippen LogP contribution in [0.5, 0.6) is 0 Å². The molecule has 0 spiro atoms. The number of pyridine rings is 1. The van der Waals surface area contributed by atoms with E-state index in [1.165, 1.54) is 18.4 Å². The number of guanidine groups is 1. The van der Waals surface area contributed by atoms with E-state index in [9.17, 15) is 0 Å². The largest absolute Gasteiger partial charge is 0.376 e. The molecule has 2 fully saturated rings. The topological polar surface area (TPSA) is 63.4 Å². The third kappa shape index (κ3) is 5.28. The van der Waals surface area contributed by atoms with Gasteiger partial charge in [-0.1, -0.05) is 0 Å². The van der Waals surface area contributed by atoms with Gasteiger partial charge in [-0.3, -0.25) is 4.99 Å². The maximum atomic E-state index is 6.13. The molecule has 2 aliphatic heterocycles. The van der Waals surface area contributed by atoms with E-state index in [0.29, 0.717) is 18.8 Å². The fourth-order valence-electron chi connectivity index (χ4n) is 4.14. The number of imidazole rings is 1. The average Bonchev–Trinajstić information content (AvgIpc) is 3.16. The molecule has 1 unspecified atom stereocenters. The van der Waals surface area contributed by atoms with Gasteiger partial charge in [0.2, 0.25) is 0 Å². The van der Waals surface area contributed by atoms with Crippen LogP contribution in [0.3, 0.4) is 0 Å². The van der Waals surface area contributed by atoms with Crippen LogP contribution in [0.4, 0.5) is 0 Å². The number of piperidine rings is 1. The standard InChI is InChI=1S/C22H33N5O2/c1-17-6-9-27-15-18(25-21(27)13-17)14-24-22(23-2)26-10-7-19(8-11-26)29-16-20-5-3-4-12-28-20/h6,9,13,15,19-20H,3-5,7-8,10-12,14,16H2,1-2H3,(H,23,24). The molecule has 7 heteroatoms. The van der Waals surface area contributed by atoms with Gasteiger partial charge in [-0.15, -0.1) is 0 Å². The minimum atomic E-state index is 0.297. The molecule has 158 valence electrons. The molecule has 2 aliphatic rings. The zero-order valence-corrected chi connectivity index (χ0v) is 17.6. The Morgan fingerprint density at radius 3 is 2.93 bits per heavy atom. The summed E-state index contributed by atoms with van der Waals surface area (Å²) >= 11 is 0. The Kier molecular flexibility index (Phi) is 6.67. The van der Waals surface area contributed by atoms with Crippen LogP contribution >= 0.6 is 0 Å². The molecule has 4 heterocycles. The van der Waals surface area contributed by atoms with Crippen LogP contribution in [-0.4, -0.2) is 65.8 Å². The Bertz CT molecular complexity index is 820. The van der Waals surface area contributed by atoms with Gasteiger partial charge in [0.15, 0.2) is 5.96 Å². The van der Waals surface area contributed by atoms with Crippen LogP contribution in [-0.2, 0) is 16.0 Å². The Hall–Kier alpha value is -2.12. The molecule has 0 amide bonds. The van der Waals surface area contributed by atoms with Crippen molar-refractivity contribution in [1.82, 2.24) is 19.6 Å². The normalized spacial score (nSPS) is 21.7. The number of likely N-dealkylation sites (tertiary alicyclic amines) is 1. The molecule has 0 aromatic carbocycles. The summed E-state index contributed by atoms with van der Waals surface area (Å²) in [5.74, 6) is 0.937. The molecule has 29 heavy (non-hydrogen) atoms. The van der Waals surface area contributed by atoms with Crippen molar-refractivity contribution in [3.63, 3.8) is 0 Å². The Labute approximate surface area is 173 Å². The van der Waals surface area contributed by atoms with Crippen molar-refractivity contribution >= 4 is 11.6 Å². The highest BCUT2D eigenvalue weighted by molar-refractivity contribution is 5.79. The van der Waals surface area contributed by atoms with Crippen molar-refractivity contribution in [2.75, 3.05) is 33.4 Å². The molecule has 0 saturated carbocycles. The Morgan fingerprint density at radius 1 is 1.31 bits per heavy atom. The van der Waals surface area contributed by atoms with Gasteiger partial charge in [0.25, 0.3) is 0 Å². The number of rotatable bonds is 5. The lowest BCUT2D eigenvalue weighted by Gasteiger charge is -2.35. The van der Waals surface area contributed by atoms with Gasteiger partial charge in [0, 0.05) is 39.1 Å². The fourth-order valence-corrected chi connectivity index (χ4v) is 4.14. The SMILES string of the molecule is CN=C(NCc1cn2ccc(C)cc2n1)N1CCC(OCC2CCCCO2)CC1. The molecule has 0 bridgehead atoms. The number of hydrogen-bond donors (Lipinski definition) is 1. The molecule has 7 nitrogen and oxygen atoms in total. The average molecular weight is 400 g/mol. The van der Waals surface area contributed by atoms with Crippen LogP contribution in [0.25, 0.3) is 5.65 Å². The lowest BCUT2D eigenvalue weighted by molar-refractivity contribution is -0.0721. The van der Waals surface area contributed by atoms with Gasteiger partial charge >= 0.3 is 0 Å². The number of hydrogen-bond acceptors (Lipinski definition) is 4. The van der Waals surface area contributed by atoms with E-state index in [0.717, 1.165) is 62.9 Å². The maximum absolute atomic E-state index is 6.13. The smallest absolute Gasteiger partial charge is 0.193 e. The first-order chi connectivity index (χ1) is 14.2. The van der Waals surface area contributed by atoms with Gasteiger partial charge in [-0.2, -0.15) is 0 Å². The van der Waals surface area contributed by atoms with Crippen molar-refractivity contribution in [2.24, 2.45) is 4.99 Å². The first-order valence-corrected chi connectivity index (χ1v) is 10.8. The quantitative estimate of drug-likeness (QED) is 0.619. The summed E-state index contributed by atoms with van der Waals surface area (Å²) in [6, 6.07) is 4.19. The summed E-state index contributed by atoms with van der Waals surface area (Å²) in [7, 11) is 1.85. The van der Waals surface area contributed by atoms with Gasteiger partial charge in [0.05, 0.1) is 31.1 Å². The van der Waals surface area contributed by atoms with Gasteiger partial charge in [0.1, 0.15) is 5.65 Å². The summed E-state index contributed by atoms with van der Waals surface area (Å²) in [4.78, 5) is 11.5. The van der Waals surface area contributed by atoms with Crippen molar-refractivity contribution in [2.45, 2.75) is 57.8 Å². The monoisotopic (exact) mass is 399 g/mol. The van der Waals surface area contributed by atoms with E-state index >= 15 is 0 Å². The van der Waals surface area contributed by atoms with E-state index in [1.54, 1.807) is 0 Å². The van der Waals surface area contributed by atoms with Crippen LogP contribution in [0, 0.1) is 6.92 Å². The minimum Gasteiger partial charge on any atom is -0.376 e. The lowest BCUT2D eigenvalue weighted by atomic mass is 10.1. The van der Waals surface area contributed by atoms with Crippen LogP contribution in [0.1, 0.15) is 43.4 Å². The summed E-state index contributed by atoms with van der Waals surface area (Å²) in [6.07, 6.45) is 10.4. The summed E-state index contributed by atoms with van der Waals surface area (Å²) in [6.45, 7) is 6.30. The summed E-state index contributed by atoms with van der Waals surface area (Å²) in [5, 5.41) is 3.47. The summed E-state index contributed by atoms with van der Waals surface area (Å²) in [5.41, 5.74) is 3.22. The Morgan fingerprint density at radius 2 is 2.17 bits per heavy atom. The van der Waals surface area contributed by atoms with Gasteiger partial charge in [-0.05, 0) is 56.7 Å². The van der Waals surface area contributed by atoms with Gasteiger partial charge in [-0.25, -0.2) is 4.98 Å². The van der Waals surface area contributed by atoms with E-state index in [-0.39, 0.29) is 0 Å². The predicted molar refractivity (Wildman–Crippen MR) is 114 cm³/mol. The maximum Gasteiger partial charge on any atom is 0.193 e. The van der Waals surface area contributed by atoms with Crippen LogP contribution < -0.4 is 5.32 Å². The highest BCUT2D eigenvalue weighted by Gasteiger charge is 2.23. The molecule has 2 aromatic rings.